The van der Waals surface area contributed by atoms with E-state index in [2.05, 4.69) is 0 Å². The van der Waals surface area contributed by atoms with E-state index >= 15 is 0 Å². The number of benzene rings is 3. The molecule has 0 spiro atoms. The second-order valence-electron chi connectivity index (χ2n) is 6.34. The quantitative estimate of drug-likeness (QED) is 0.435. The van der Waals surface area contributed by atoms with Crippen LogP contribution in [0.1, 0.15) is 31.8 Å². The first-order valence-electron chi connectivity index (χ1n) is 8.70. The predicted octanol–water partition coefficient (Wildman–Crippen LogP) is 4.01. The number of amides is 2. The fourth-order valence-electron chi connectivity index (χ4n) is 3.18. The summed E-state index contributed by atoms with van der Waals surface area (Å²) in [5.41, 5.74) is 11.3. The van der Waals surface area contributed by atoms with Crippen LogP contribution in [0.4, 0.5) is 0 Å². The molecular weight excluding hydrogens is 376 g/mol. The third-order valence-corrected chi connectivity index (χ3v) is 4.79. The van der Waals surface area contributed by atoms with Crippen molar-refractivity contribution in [2.45, 2.75) is 12.8 Å². The highest BCUT2D eigenvalue weighted by Gasteiger charge is 2.16. The van der Waals surface area contributed by atoms with Crippen LogP contribution in [-0.2, 0) is 12.8 Å². The lowest BCUT2D eigenvalue weighted by Crippen LogP contribution is -2.21. The first-order chi connectivity index (χ1) is 13.5. The van der Waals surface area contributed by atoms with Crippen molar-refractivity contribution in [3.05, 3.63) is 94.0 Å². The van der Waals surface area contributed by atoms with Crippen LogP contribution in [0.3, 0.4) is 0 Å². The first-order valence-corrected chi connectivity index (χ1v) is 9.08. The monoisotopic (exact) mass is 394 g/mol. The highest BCUT2D eigenvalue weighted by molar-refractivity contribution is 6.30. The van der Waals surface area contributed by atoms with E-state index < -0.39 is 11.8 Å². The summed E-state index contributed by atoms with van der Waals surface area (Å²) in [5, 5.41) is 9.78. The molecule has 3 aromatic rings. The van der Waals surface area contributed by atoms with E-state index in [9.17, 15) is 9.59 Å². The van der Waals surface area contributed by atoms with Gasteiger partial charge in [-0.1, -0.05) is 48.0 Å². The number of nitrogens with one attached hydrogen (secondary N) is 1. The Morgan fingerprint density at radius 3 is 2.32 bits per heavy atom. The topological polar surface area (TPSA) is 92.4 Å². The normalized spacial score (nSPS) is 10.5. The Kier molecular flexibility index (Phi) is 6.09. The summed E-state index contributed by atoms with van der Waals surface area (Å²) >= 11 is 6.06. The van der Waals surface area contributed by atoms with Crippen molar-refractivity contribution in [1.82, 2.24) is 5.48 Å². The maximum atomic E-state index is 12.2. The molecule has 6 heteroatoms. The van der Waals surface area contributed by atoms with E-state index in [1.165, 1.54) is 0 Å². The maximum absolute atomic E-state index is 12.2. The van der Waals surface area contributed by atoms with Gasteiger partial charge in [0.05, 0.1) is 0 Å². The van der Waals surface area contributed by atoms with Crippen molar-refractivity contribution < 1.29 is 14.8 Å². The number of halogens is 1. The molecule has 0 atom stereocenters. The van der Waals surface area contributed by atoms with Crippen LogP contribution in [0.2, 0.25) is 5.02 Å². The van der Waals surface area contributed by atoms with Gasteiger partial charge >= 0.3 is 0 Å². The second kappa shape index (κ2) is 8.69. The van der Waals surface area contributed by atoms with Gasteiger partial charge in [0.25, 0.3) is 5.91 Å². The average Bonchev–Trinajstić information content (AvgIpc) is 2.71. The lowest BCUT2D eigenvalue weighted by molar-refractivity contribution is 0.0705. The van der Waals surface area contributed by atoms with E-state index in [-0.39, 0.29) is 0 Å². The average molecular weight is 395 g/mol. The Labute approximate surface area is 167 Å². The fraction of sp³-hybridized carbons (Fsp3) is 0.0909. The van der Waals surface area contributed by atoms with Gasteiger partial charge in [0.15, 0.2) is 0 Å². The lowest BCUT2D eigenvalue weighted by Gasteiger charge is -2.15. The summed E-state index contributed by atoms with van der Waals surface area (Å²) in [7, 11) is 0. The smallest absolute Gasteiger partial charge is 0.274 e. The number of hydrogen-bond donors (Lipinski definition) is 3. The summed E-state index contributed by atoms with van der Waals surface area (Å²) in [5.74, 6) is -1.07. The SMILES string of the molecule is NC(=O)c1ccc(-c2cccc(C(=O)NO)c2CCc2cccc(Cl)c2)cc1. The molecule has 2 amide bonds. The molecule has 3 rings (SSSR count). The minimum absolute atomic E-state index is 0.390. The predicted molar refractivity (Wildman–Crippen MR) is 109 cm³/mol. The van der Waals surface area contributed by atoms with E-state index in [1.807, 2.05) is 30.3 Å². The number of aryl methyl sites for hydroxylation is 1. The number of rotatable bonds is 6. The molecule has 3 aromatic carbocycles. The molecule has 0 aliphatic carbocycles. The lowest BCUT2D eigenvalue weighted by atomic mass is 9.90. The molecule has 0 heterocycles. The molecule has 0 aromatic heterocycles. The highest BCUT2D eigenvalue weighted by Crippen LogP contribution is 2.28. The van der Waals surface area contributed by atoms with Crippen LogP contribution in [0.15, 0.2) is 66.7 Å². The van der Waals surface area contributed by atoms with Gasteiger partial charge in [-0.15, -0.1) is 0 Å². The van der Waals surface area contributed by atoms with Gasteiger partial charge in [0.2, 0.25) is 5.91 Å². The zero-order chi connectivity index (χ0) is 20.1. The Hall–Kier alpha value is -3.15. The molecule has 0 fully saturated rings. The van der Waals surface area contributed by atoms with Crippen molar-refractivity contribution in [1.29, 1.82) is 0 Å². The molecule has 4 N–H and O–H groups in total. The third kappa shape index (κ3) is 4.39. The van der Waals surface area contributed by atoms with Crippen LogP contribution in [-0.4, -0.2) is 17.0 Å². The van der Waals surface area contributed by atoms with Crippen molar-refractivity contribution in [3.8, 4) is 11.1 Å². The molecule has 0 radical (unpaired) electrons. The van der Waals surface area contributed by atoms with Crippen molar-refractivity contribution in [2.24, 2.45) is 5.73 Å². The van der Waals surface area contributed by atoms with Gasteiger partial charge in [0, 0.05) is 16.1 Å². The summed E-state index contributed by atoms with van der Waals surface area (Å²) < 4.78 is 0. The highest BCUT2D eigenvalue weighted by atomic mass is 35.5. The largest absolute Gasteiger partial charge is 0.366 e. The molecular formula is C22H19ClN2O3. The van der Waals surface area contributed by atoms with Gasteiger partial charge in [0.1, 0.15) is 0 Å². The molecule has 0 saturated heterocycles. The van der Waals surface area contributed by atoms with Crippen LogP contribution in [0.25, 0.3) is 11.1 Å². The van der Waals surface area contributed by atoms with Crippen molar-refractivity contribution >= 4 is 23.4 Å². The first kappa shape index (κ1) is 19.6. The summed E-state index contributed by atoms with van der Waals surface area (Å²) in [6, 6.07) is 19.8. The number of carbonyl (C=O) groups is 2. The van der Waals surface area contributed by atoms with Gasteiger partial charge in [-0.3, -0.25) is 14.8 Å². The van der Waals surface area contributed by atoms with Crippen LogP contribution in [0, 0.1) is 0 Å². The van der Waals surface area contributed by atoms with Gasteiger partial charge < -0.3 is 5.73 Å². The van der Waals surface area contributed by atoms with Crippen LogP contribution >= 0.6 is 11.6 Å². The molecule has 28 heavy (non-hydrogen) atoms. The van der Waals surface area contributed by atoms with Gasteiger partial charge in [-0.2, -0.15) is 0 Å². The number of carbonyl (C=O) groups excluding carboxylic acids is 2. The van der Waals surface area contributed by atoms with E-state index in [4.69, 9.17) is 22.5 Å². The summed E-state index contributed by atoms with van der Waals surface area (Å²) in [6.07, 6.45) is 1.24. The van der Waals surface area contributed by atoms with E-state index in [0.29, 0.717) is 29.0 Å². The third-order valence-electron chi connectivity index (χ3n) is 4.56. The summed E-state index contributed by atoms with van der Waals surface area (Å²) in [4.78, 5) is 23.5. The molecule has 0 unspecified atom stereocenters. The van der Waals surface area contributed by atoms with Gasteiger partial charge in [-0.05, 0) is 65.4 Å². The minimum Gasteiger partial charge on any atom is -0.366 e. The molecule has 0 aliphatic heterocycles. The Morgan fingerprint density at radius 1 is 0.964 bits per heavy atom. The van der Waals surface area contributed by atoms with Gasteiger partial charge in [-0.25, -0.2) is 5.48 Å². The Balaban J connectivity index is 2.01. The molecule has 5 nitrogen and oxygen atoms in total. The fourth-order valence-corrected chi connectivity index (χ4v) is 3.39. The Morgan fingerprint density at radius 2 is 1.68 bits per heavy atom. The number of hydroxylamine groups is 1. The van der Waals surface area contributed by atoms with Crippen LogP contribution in [0.5, 0.6) is 0 Å². The zero-order valence-corrected chi connectivity index (χ0v) is 15.7. The summed E-state index contributed by atoms with van der Waals surface area (Å²) in [6.45, 7) is 0. The van der Waals surface area contributed by atoms with Crippen molar-refractivity contribution in [2.75, 3.05) is 0 Å². The minimum atomic E-state index is -0.572. The van der Waals surface area contributed by atoms with Crippen molar-refractivity contribution in [3.63, 3.8) is 0 Å². The molecule has 0 saturated carbocycles. The van der Waals surface area contributed by atoms with Crippen LogP contribution < -0.4 is 11.2 Å². The van der Waals surface area contributed by atoms with E-state index in [1.54, 1.807) is 41.9 Å². The zero-order valence-electron chi connectivity index (χ0n) is 15.0. The van der Waals surface area contributed by atoms with E-state index in [0.717, 1.165) is 22.3 Å². The molecule has 0 bridgehead atoms. The Bertz CT molecular complexity index is 1020. The number of nitrogens with two attached hydrogens (primary N) is 1. The standard InChI is InChI=1S/C22H19ClN2O3/c23-17-4-1-3-14(13-17)7-12-19-18(5-2-6-20(19)22(27)25-28)15-8-10-16(11-9-15)21(24)26/h1-6,8-11,13,28H,7,12H2,(H2,24,26)(H,25,27). The molecule has 142 valence electrons. The number of primary amides is 1. The number of hydrogen-bond acceptors (Lipinski definition) is 3. The molecule has 0 aliphatic rings. The maximum Gasteiger partial charge on any atom is 0.274 e. The second-order valence-corrected chi connectivity index (χ2v) is 6.78.